The van der Waals surface area contributed by atoms with E-state index in [0.29, 0.717) is 0 Å². The van der Waals surface area contributed by atoms with Crippen molar-refractivity contribution in [3.8, 4) is 0 Å². The van der Waals surface area contributed by atoms with Crippen LogP contribution in [0.2, 0.25) is 0 Å². The molecule has 8 nitrogen and oxygen atoms in total. The lowest BCUT2D eigenvalue weighted by molar-refractivity contribution is -0.525. The van der Waals surface area contributed by atoms with Crippen LogP contribution >= 0.6 is 0 Å². The van der Waals surface area contributed by atoms with E-state index in [1.54, 1.807) is 12.3 Å². The van der Waals surface area contributed by atoms with Gasteiger partial charge in [0.1, 0.15) is 6.54 Å². The molecule has 0 fully saturated rings. The number of carbonyl (C=O) groups is 1. The highest BCUT2D eigenvalue weighted by molar-refractivity contribution is 5.80. The number of hydrogen-bond acceptors (Lipinski definition) is 5. The number of guanidine groups is 1. The van der Waals surface area contributed by atoms with Gasteiger partial charge in [0.05, 0.1) is 6.61 Å². The van der Waals surface area contributed by atoms with Gasteiger partial charge in [-0.3, -0.25) is 4.79 Å². The Hall–Kier alpha value is -1.86. The van der Waals surface area contributed by atoms with Crippen LogP contribution in [0, 0.1) is 10.1 Å². The molecule has 0 saturated carbocycles. The predicted octanol–water partition coefficient (Wildman–Crippen LogP) is -1.35. The number of hydrogen-bond donors (Lipinski definition) is 2. The van der Waals surface area contributed by atoms with E-state index in [-0.39, 0.29) is 13.2 Å². The van der Waals surface area contributed by atoms with E-state index < -0.39 is 17.0 Å². The number of nitrogens with two attached hydrogens (primary N) is 1. The molecule has 0 spiro atoms. The molecule has 0 aromatic heterocycles. The summed E-state index contributed by atoms with van der Waals surface area (Å²) in [5, 5.41) is 8.93. The number of esters is 1. The largest absolute Gasteiger partial charge is 0.465 e. The van der Waals surface area contributed by atoms with E-state index in [1.807, 2.05) is 0 Å². The van der Waals surface area contributed by atoms with Crippen LogP contribution < -0.4 is 11.2 Å². The molecule has 0 atom stereocenters. The fourth-order valence-electron chi connectivity index (χ4n) is 0.485. The number of nitrogens with one attached hydrogen (secondary N) is 1. The van der Waals surface area contributed by atoms with Crippen molar-refractivity contribution in [1.82, 2.24) is 5.43 Å². The molecular weight excluding hydrogens is 180 g/mol. The lowest BCUT2D eigenvalue weighted by Gasteiger charge is -1.98. The van der Waals surface area contributed by atoms with Crippen molar-refractivity contribution in [2.24, 2.45) is 10.7 Å². The topological polar surface area (TPSA) is 120 Å². The third-order valence-electron chi connectivity index (χ3n) is 0.890. The second-order valence-electron chi connectivity index (χ2n) is 1.88. The van der Waals surface area contributed by atoms with Crippen molar-refractivity contribution < 1.29 is 14.6 Å². The predicted molar refractivity (Wildman–Crippen MR) is 43.3 cm³/mol. The first-order valence-electron chi connectivity index (χ1n) is 3.42. The summed E-state index contributed by atoms with van der Waals surface area (Å²) in [4.78, 5) is 23.8. The summed E-state index contributed by atoms with van der Waals surface area (Å²) in [7, 11) is 0. The van der Waals surface area contributed by atoms with Gasteiger partial charge in [0, 0.05) is 0 Å². The molecule has 0 aromatic rings. The molecule has 0 amide bonds. The molecule has 0 aliphatic heterocycles. The summed E-state index contributed by atoms with van der Waals surface area (Å²) in [6.45, 7) is 1.54. The minimum atomic E-state index is -0.871. The highest BCUT2D eigenvalue weighted by atomic mass is 16.7. The first-order valence-corrected chi connectivity index (χ1v) is 3.42. The van der Waals surface area contributed by atoms with Crippen LogP contribution in [0.4, 0.5) is 0 Å². The molecule has 0 aliphatic rings. The van der Waals surface area contributed by atoms with Gasteiger partial charge in [-0.25, -0.2) is 15.1 Å². The first-order chi connectivity index (χ1) is 6.06. The van der Waals surface area contributed by atoms with Crippen LogP contribution in [-0.4, -0.2) is 30.1 Å². The monoisotopic (exact) mass is 190 g/mol. The molecule has 0 aromatic carbocycles. The lowest BCUT2D eigenvalue weighted by atomic mass is 10.6. The van der Waals surface area contributed by atoms with Crippen LogP contribution in [0.5, 0.6) is 0 Å². The van der Waals surface area contributed by atoms with Gasteiger partial charge in [0.2, 0.25) is 0 Å². The maximum Gasteiger partial charge on any atom is 0.327 e. The van der Waals surface area contributed by atoms with Gasteiger partial charge in [-0.2, -0.15) is 0 Å². The van der Waals surface area contributed by atoms with Crippen LogP contribution in [0.3, 0.4) is 0 Å². The zero-order chi connectivity index (χ0) is 10.3. The summed E-state index contributed by atoms with van der Waals surface area (Å²) in [6, 6.07) is 0. The SMILES string of the molecule is CCOC(=O)CN=C(N)N[N+](=O)[O-]. The minimum Gasteiger partial charge on any atom is -0.465 e. The van der Waals surface area contributed by atoms with Crippen LogP contribution in [0.15, 0.2) is 4.99 Å². The second kappa shape index (κ2) is 5.75. The molecule has 0 unspecified atom stereocenters. The Morgan fingerprint density at radius 3 is 2.85 bits per heavy atom. The van der Waals surface area contributed by atoms with Gasteiger partial charge in [0.25, 0.3) is 5.96 Å². The van der Waals surface area contributed by atoms with E-state index in [9.17, 15) is 14.9 Å². The summed E-state index contributed by atoms with van der Waals surface area (Å²) in [5.74, 6) is -1.02. The summed E-state index contributed by atoms with van der Waals surface area (Å²) in [5.41, 5.74) is 6.59. The van der Waals surface area contributed by atoms with Gasteiger partial charge in [-0.15, -0.1) is 0 Å². The summed E-state index contributed by atoms with van der Waals surface area (Å²) >= 11 is 0. The van der Waals surface area contributed by atoms with Gasteiger partial charge in [0.15, 0.2) is 5.03 Å². The van der Waals surface area contributed by atoms with Crippen molar-refractivity contribution >= 4 is 11.9 Å². The Kier molecular flexibility index (Phi) is 4.93. The maximum atomic E-state index is 10.7. The lowest BCUT2D eigenvalue weighted by Crippen LogP contribution is -2.36. The van der Waals surface area contributed by atoms with Crippen LogP contribution in [0.1, 0.15) is 6.92 Å². The standard InChI is InChI=1S/C5H10N4O4/c1-2-13-4(10)3-7-5(6)8-9(11)12/h2-3H2,1H3,(H3,6,7,8). The smallest absolute Gasteiger partial charge is 0.327 e. The summed E-state index contributed by atoms with van der Waals surface area (Å²) < 4.78 is 4.50. The number of nitro groups is 1. The minimum absolute atomic E-state index is 0.233. The van der Waals surface area contributed by atoms with Gasteiger partial charge < -0.3 is 10.5 Å². The Labute approximate surface area is 73.9 Å². The Bertz CT molecular complexity index is 227. The van der Waals surface area contributed by atoms with E-state index in [4.69, 9.17) is 5.73 Å². The molecule has 0 bridgehead atoms. The fraction of sp³-hybridized carbons (Fsp3) is 0.600. The number of hydrazine groups is 1. The average Bonchev–Trinajstić information content (AvgIpc) is 2.00. The van der Waals surface area contributed by atoms with Gasteiger partial charge in [-0.1, -0.05) is 5.43 Å². The average molecular weight is 190 g/mol. The number of aliphatic imine (C=N–C) groups is 1. The molecular formula is C5H10N4O4. The van der Waals surface area contributed by atoms with E-state index >= 15 is 0 Å². The van der Waals surface area contributed by atoms with Gasteiger partial charge >= 0.3 is 5.97 Å². The molecule has 3 N–H and O–H groups in total. The third kappa shape index (κ3) is 6.53. The Balaban J connectivity index is 3.82. The zero-order valence-corrected chi connectivity index (χ0v) is 7.02. The zero-order valence-electron chi connectivity index (χ0n) is 7.02. The molecule has 0 rings (SSSR count). The Morgan fingerprint density at radius 1 is 1.77 bits per heavy atom. The third-order valence-corrected chi connectivity index (χ3v) is 0.890. The number of nitrogens with zero attached hydrogens (tertiary/aromatic N) is 2. The van der Waals surface area contributed by atoms with Crippen LogP contribution in [0.25, 0.3) is 0 Å². The van der Waals surface area contributed by atoms with E-state index in [1.165, 1.54) is 0 Å². The molecule has 74 valence electrons. The molecule has 13 heavy (non-hydrogen) atoms. The number of ether oxygens (including phenoxy) is 1. The number of rotatable bonds is 4. The van der Waals surface area contributed by atoms with Crippen molar-refractivity contribution in [3.05, 3.63) is 10.1 Å². The highest BCUT2D eigenvalue weighted by Crippen LogP contribution is 1.78. The van der Waals surface area contributed by atoms with Crippen molar-refractivity contribution in [2.75, 3.05) is 13.2 Å². The van der Waals surface area contributed by atoms with Crippen molar-refractivity contribution in [2.45, 2.75) is 6.92 Å². The van der Waals surface area contributed by atoms with Crippen LogP contribution in [-0.2, 0) is 9.53 Å². The molecule has 0 radical (unpaired) electrons. The normalized spacial score (nSPS) is 10.7. The van der Waals surface area contributed by atoms with E-state index in [2.05, 4.69) is 9.73 Å². The molecule has 0 heterocycles. The quantitative estimate of drug-likeness (QED) is 0.186. The second-order valence-corrected chi connectivity index (χ2v) is 1.88. The van der Waals surface area contributed by atoms with Crippen molar-refractivity contribution in [1.29, 1.82) is 0 Å². The highest BCUT2D eigenvalue weighted by Gasteiger charge is 2.02. The molecule has 8 heteroatoms. The first kappa shape index (κ1) is 11.1. The molecule has 0 saturated heterocycles. The maximum absolute atomic E-state index is 10.7. The number of carbonyl (C=O) groups excluding carboxylic acids is 1. The summed E-state index contributed by atoms with van der Waals surface area (Å²) in [6.07, 6.45) is 0. The van der Waals surface area contributed by atoms with E-state index in [0.717, 1.165) is 0 Å². The van der Waals surface area contributed by atoms with Gasteiger partial charge in [-0.05, 0) is 6.92 Å². The molecule has 0 aliphatic carbocycles. The Morgan fingerprint density at radius 2 is 2.38 bits per heavy atom. The van der Waals surface area contributed by atoms with Crippen molar-refractivity contribution in [3.63, 3.8) is 0 Å². The fourth-order valence-corrected chi connectivity index (χ4v) is 0.485.